The van der Waals surface area contributed by atoms with Gasteiger partial charge in [-0.1, -0.05) is 83.0 Å². The molecule has 4 aromatic rings. The van der Waals surface area contributed by atoms with Crippen molar-refractivity contribution in [3.05, 3.63) is 101 Å². The molecule has 0 bridgehead atoms. The van der Waals surface area contributed by atoms with Crippen molar-refractivity contribution in [2.24, 2.45) is 0 Å². The molecule has 1 aromatic heterocycles. The molecule has 0 atom stereocenters. The molecule has 1 N–H and O–H groups in total. The van der Waals surface area contributed by atoms with Crippen LogP contribution in [0.25, 0.3) is 11.5 Å². The van der Waals surface area contributed by atoms with Crippen molar-refractivity contribution in [2.75, 3.05) is 5.32 Å². The van der Waals surface area contributed by atoms with E-state index < -0.39 is 0 Å². The molecule has 0 saturated heterocycles. The molecule has 0 spiro atoms. The van der Waals surface area contributed by atoms with Crippen molar-refractivity contribution < 1.29 is 9.21 Å². The number of benzene rings is 3. The second kappa shape index (κ2) is 8.74. The summed E-state index contributed by atoms with van der Waals surface area (Å²) in [6, 6.07) is 26.2. The average molecular weight is 397 g/mol. The predicted octanol–water partition coefficient (Wildman–Crippen LogP) is 5.51. The maximum absolute atomic E-state index is 12.8. The monoisotopic (exact) mass is 397 g/mol. The normalized spacial score (nSPS) is 10.9. The highest BCUT2D eigenvalue weighted by atomic mass is 16.4. The van der Waals surface area contributed by atoms with Gasteiger partial charge in [-0.05, 0) is 37.1 Å². The third kappa shape index (κ3) is 4.63. The smallest absolute Gasteiger partial charge is 0.322 e. The molecule has 3 aromatic carbocycles. The minimum atomic E-state index is -0.177. The first-order valence-electron chi connectivity index (χ1n) is 9.90. The van der Waals surface area contributed by atoms with Crippen LogP contribution in [0.3, 0.4) is 0 Å². The average Bonchev–Trinajstić information content (AvgIpc) is 3.21. The number of aromatic nitrogens is 2. The number of aryl methyl sites for hydroxylation is 2. The van der Waals surface area contributed by atoms with Crippen molar-refractivity contribution in [1.29, 1.82) is 0 Å². The molecule has 5 heteroatoms. The van der Waals surface area contributed by atoms with Crippen molar-refractivity contribution in [1.82, 2.24) is 10.2 Å². The first-order chi connectivity index (χ1) is 14.6. The molecule has 0 saturated carbocycles. The Bertz CT molecular complexity index is 1080. The number of hydrogen-bond donors (Lipinski definition) is 1. The SMILES string of the molecule is Cc1cc(C)cc(-c2nnc(NC(=O)CC(c3ccccc3)c3ccccc3)o2)c1. The third-order valence-corrected chi connectivity index (χ3v) is 4.93. The van der Waals surface area contributed by atoms with Gasteiger partial charge in [0.15, 0.2) is 0 Å². The van der Waals surface area contributed by atoms with Crippen LogP contribution >= 0.6 is 0 Å². The molecule has 0 radical (unpaired) electrons. The Labute approximate surface area is 175 Å². The molecule has 0 fully saturated rings. The Kier molecular flexibility index (Phi) is 5.70. The van der Waals surface area contributed by atoms with E-state index in [-0.39, 0.29) is 24.3 Å². The van der Waals surface area contributed by atoms with Crippen molar-refractivity contribution in [3.63, 3.8) is 0 Å². The van der Waals surface area contributed by atoms with Crippen LogP contribution in [0, 0.1) is 13.8 Å². The van der Waals surface area contributed by atoms with Crippen LogP contribution in [0.2, 0.25) is 0 Å². The number of nitrogens with one attached hydrogen (secondary N) is 1. The zero-order chi connectivity index (χ0) is 20.9. The molecule has 1 amide bonds. The lowest BCUT2D eigenvalue weighted by Crippen LogP contribution is -2.16. The van der Waals surface area contributed by atoms with Crippen LogP contribution in [0.5, 0.6) is 0 Å². The minimum Gasteiger partial charge on any atom is -0.403 e. The first kappa shape index (κ1) is 19.6. The van der Waals surface area contributed by atoms with Crippen molar-refractivity contribution in [2.45, 2.75) is 26.2 Å². The highest BCUT2D eigenvalue weighted by Crippen LogP contribution is 2.28. The van der Waals surface area contributed by atoms with E-state index in [9.17, 15) is 4.79 Å². The second-order valence-electron chi connectivity index (χ2n) is 7.42. The molecule has 4 rings (SSSR count). The van der Waals surface area contributed by atoms with E-state index in [1.54, 1.807) is 0 Å². The molecular weight excluding hydrogens is 374 g/mol. The summed E-state index contributed by atoms with van der Waals surface area (Å²) in [7, 11) is 0. The van der Waals surface area contributed by atoms with Gasteiger partial charge in [0.2, 0.25) is 11.8 Å². The van der Waals surface area contributed by atoms with Crippen LogP contribution in [0.4, 0.5) is 6.01 Å². The maximum atomic E-state index is 12.8. The Balaban J connectivity index is 1.51. The fraction of sp³-hybridized carbons (Fsp3) is 0.160. The molecule has 5 nitrogen and oxygen atoms in total. The van der Waals surface area contributed by atoms with Crippen LogP contribution in [-0.4, -0.2) is 16.1 Å². The van der Waals surface area contributed by atoms with Crippen molar-refractivity contribution >= 4 is 11.9 Å². The topological polar surface area (TPSA) is 68.0 Å². The van der Waals surface area contributed by atoms with Gasteiger partial charge >= 0.3 is 6.01 Å². The van der Waals surface area contributed by atoms with Crippen LogP contribution in [-0.2, 0) is 4.79 Å². The third-order valence-electron chi connectivity index (χ3n) is 4.93. The predicted molar refractivity (Wildman–Crippen MR) is 117 cm³/mol. The van der Waals surface area contributed by atoms with Gasteiger partial charge in [-0.15, -0.1) is 5.10 Å². The number of carbonyl (C=O) groups is 1. The van der Waals surface area contributed by atoms with E-state index in [0.29, 0.717) is 5.89 Å². The second-order valence-corrected chi connectivity index (χ2v) is 7.42. The Hall–Kier alpha value is -3.73. The van der Waals surface area contributed by atoms with Crippen LogP contribution in [0.15, 0.2) is 83.3 Å². The molecule has 0 unspecified atom stereocenters. The van der Waals surface area contributed by atoms with E-state index in [4.69, 9.17) is 4.42 Å². The summed E-state index contributed by atoms with van der Waals surface area (Å²) < 4.78 is 5.69. The first-order valence-corrected chi connectivity index (χ1v) is 9.90. The summed E-state index contributed by atoms with van der Waals surface area (Å²) in [4.78, 5) is 12.8. The number of hydrogen-bond acceptors (Lipinski definition) is 4. The molecule has 1 heterocycles. The number of rotatable bonds is 6. The van der Waals surface area contributed by atoms with Crippen LogP contribution in [0.1, 0.15) is 34.6 Å². The van der Waals surface area contributed by atoms with Gasteiger partial charge in [0, 0.05) is 17.9 Å². The summed E-state index contributed by atoms with van der Waals surface area (Å²) in [6.45, 7) is 4.03. The lowest BCUT2D eigenvalue weighted by molar-refractivity contribution is -0.116. The molecular formula is C25H23N3O2. The van der Waals surface area contributed by atoms with Gasteiger partial charge in [-0.2, -0.15) is 0 Å². The Morgan fingerprint density at radius 2 is 1.43 bits per heavy atom. The van der Waals surface area contributed by atoms with Crippen molar-refractivity contribution in [3.8, 4) is 11.5 Å². The molecule has 0 aliphatic rings. The molecule has 150 valence electrons. The molecule has 0 aliphatic heterocycles. The molecule has 0 aliphatic carbocycles. The summed E-state index contributed by atoms with van der Waals surface area (Å²) in [5, 5.41) is 10.8. The van der Waals surface area contributed by atoms with E-state index in [0.717, 1.165) is 27.8 Å². The summed E-state index contributed by atoms with van der Waals surface area (Å²) in [6.07, 6.45) is 0.273. The van der Waals surface area contributed by atoms with Gasteiger partial charge in [-0.3, -0.25) is 10.1 Å². The van der Waals surface area contributed by atoms with Gasteiger partial charge in [-0.25, -0.2) is 0 Å². The largest absolute Gasteiger partial charge is 0.403 e. The molecule has 30 heavy (non-hydrogen) atoms. The van der Waals surface area contributed by atoms with Gasteiger partial charge in [0.1, 0.15) is 0 Å². The number of carbonyl (C=O) groups excluding carboxylic acids is 1. The summed E-state index contributed by atoms with van der Waals surface area (Å²) in [5.74, 6) is 0.150. The Morgan fingerprint density at radius 1 is 0.867 bits per heavy atom. The van der Waals surface area contributed by atoms with Gasteiger partial charge in [0.05, 0.1) is 0 Å². The highest BCUT2D eigenvalue weighted by Gasteiger charge is 2.20. The number of amides is 1. The van der Waals surface area contributed by atoms with Gasteiger partial charge in [0.25, 0.3) is 0 Å². The minimum absolute atomic E-state index is 0.0609. The fourth-order valence-corrected chi connectivity index (χ4v) is 3.64. The number of nitrogens with zero attached hydrogens (tertiary/aromatic N) is 2. The Morgan fingerprint density at radius 3 is 2.00 bits per heavy atom. The standard InChI is InChI=1S/C25H23N3O2/c1-17-13-18(2)15-21(14-17)24-27-28-25(30-24)26-23(29)16-22(19-9-5-3-6-10-19)20-11-7-4-8-12-20/h3-15,22H,16H2,1-2H3,(H,26,28,29). The van der Waals surface area contributed by atoms with E-state index in [1.807, 2.05) is 86.6 Å². The highest BCUT2D eigenvalue weighted by molar-refractivity contribution is 5.89. The van der Waals surface area contributed by atoms with E-state index >= 15 is 0 Å². The fourth-order valence-electron chi connectivity index (χ4n) is 3.64. The maximum Gasteiger partial charge on any atom is 0.322 e. The van der Waals surface area contributed by atoms with Gasteiger partial charge < -0.3 is 4.42 Å². The summed E-state index contributed by atoms with van der Waals surface area (Å²) in [5.41, 5.74) is 5.23. The quantitative estimate of drug-likeness (QED) is 0.465. The van der Waals surface area contributed by atoms with Crippen LogP contribution < -0.4 is 5.32 Å². The summed E-state index contributed by atoms with van der Waals surface area (Å²) >= 11 is 0. The zero-order valence-corrected chi connectivity index (χ0v) is 17.0. The lowest BCUT2D eigenvalue weighted by Gasteiger charge is -2.17. The van der Waals surface area contributed by atoms with E-state index in [2.05, 4.69) is 21.6 Å². The zero-order valence-electron chi connectivity index (χ0n) is 17.0. The lowest BCUT2D eigenvalue weighted by atomic mass is 9.88. The number of anilines is 1. The van der Waals surface area contributed by atoms with E-state index in [1.165, 1.54) is 0 Å².